The number of carbonyl (C=O) groups is 1. The van der Waals surface area contributed by atoms with E-state index in [0.29, 0.717) is 6.54 Å². The molecule has 0 heterocycles. The first kappa shape index (κ1) is 13.7. The van der Waals surface area contributed by atoms with Crippen LogP contribution >= 0.6 is 0 Å². The summed E-state index contributed by atoms with van der Waals surface area (Å²) >= 11 is 0. The van der Waals surface area contributed by atoms with Crippen molar-refractivity contribution < 1.29 is 9.90 Å². The smallest absolute Gasteiger partial charge is 0.250 e. The van der Waals surface area contributed by atoms with E-state index in [4.69, 9.17) is 0 Å². The van der Waals surface area contributed by atoms with Crippen LogP contribution < -0.4 is 0 Å². The SMILES string of the molecule is Cc1ccc(C)c(CCN(C)C(=O)C(C)O)c1. The lowest BCUT2D eigenvalue weighted by Crippen LogP contribution is -2.36. The number of likely N-dealkylation sites (N-methyl/N-ethyl adjacent to an activating group) is 1. The van der Waals surface area contributed by atoms with Gasteiger partial charge in [-0.05, 0) is 38.3 Å². The molecule has 0 radical (unpaired) electrons. The summed E-state index contributed by atoms with van der Waals surface area (Å²) in [5.74, 6) is -0.227. The maximum Gasteiger partial charge on any atom is 0.250 e. The van der Waals surface area contributed by atoms with Crippen LogP contribution in [0, 0.1) is 13.8 Å². The number of hydrogen-bond acceptors (Lipinski definition) is 2. The zero-order chi connectivity index (χ0) is 13.0. The number of aliphatic hydroxyl groups excluding tert-OH is 1. The van der Waals surface area contributed by atoms with E-state index in [1.54, 1.807) is 11.9 Å². The lowest BCUT2D eigenvalue weighted by molar-refractivity contribution is -0.137. The fourth-order valence-electron chi connectivity index (χ4n) is 1.79. The van der Waals surface area contributed by atoms with E-state index in [-0.39, 0.29) is 5.91 Å². The number of aliphatic hydroxyl groups is 1. The van der Waals surface area contributed by atoms with Crippen molar-refractivity contribution >= 4 is 5.91 Å². The van der Waals surface area contributed by atoms with E-state index < -0.39 is 6.10 Å². The Bertz CT molecular complexity index is 399. The van der Waals surface area contributed by atoms with Gasteiger partial charge in [-0.25, -0.2) is 0 Å². The number of nitrogens with zero attached hydrogens (tertiary/aromatic N) is 1. The molecule has 0 aromatic heterocycles. The van der Waals surface area contributed by atoms with Crippen LogP contribution in [0.5, 0.6) is 0 Å². The predicted octanol–water partition coefficient (Wildman–Crippen LogP) is 1.69. The Hall–Kier alpha value is -1.35. The van der Waals surface area contributed by atoms with Crippen molar-refractivity contribution in [2.75, 3.05) is 13.6 Å². The molecule has 0 aliphatic rings. The number of amides is 1. The molecular weight excluding hydrogens is 214 g/mol. The molecule has 0 fully saturated rings. The Balaban J connectivity index is 2.61. The Morgan fingerprint density at radius 1 is 1.41 bits per heavy atom. The van der Waals surface area contributed by atoms with Gasteiger partial charge in [-0.2, -0.15) is 0 Å². The third-order valence-electron chi connectivity index (χ3n) is 2.95. The van der Waals surface area contributed by atoms with E-state index >= 15 is 0 Å². The third-order valence-corrected chi connectivity index (χ3v) is 2.95. The van der Waals surface area contributed by atoms with E-state index in [1.165, 1.54) is 23.6 Å². The molecular formula is C14H21NO2. The first-order valence-electron chi connectivity index (χ1n) is 5.91. The zero-order valence-electron chi connectivity index (χ0n) is 11.0. The molecule has 94 valence electrons. The second kappa shape index (κ2) is 5.82. The molecule has 1 N–H and O–H groups in total. The highest BCUT2D eigenvalue weighted by Gasteiger charge is 2.14. The van der Waals surface area contributed by atoms with E-state index in [0.717, 1.165) is 6.42 Å². The molecule has 0 aliphatic heterocycles. The van der Waals surface area contributed by atoms with Gasteiger partial charge in [0, 0.05) is 13.6 Å². The molecule has 3 nitrogen and oxygen atoms in total. The first-order valence-corrected chi connectivity index (χ1v) is 5.91. The second-order valence-corrected chi connectivity index (χ2v) is 4.62. The number of rotatable bonds is 4. The fraction of sp³-hybridized carbons (Fsp3) is 0.500. The topological polar surface area (TPSA) is 40.5 Å². The molecule has 17 heavy (non-hydrogen) atoms. The monoisotopic (exact) mass is 235 g/mol. The van der Waals surface area contributed by atoms with Gasteiger partial charge in [-0.1, -0.05) is 23.8 Å². The normalized spacial score (nSPS) is 12.3. The van der Waals surface area contributed by atoms with Gasteiger partial charge >= 0.3 is 0 Å². The van der Waals surface area contributed by atoms with Crippen molar-refractivity contribution in [3.8, 4) is 0 Å². The quantitative estimate of drug-likeness (QED) is 0.862. The summed E-state index contributed by atoms with van der Waals surface area (Å²) < 4.78 is 0. The van der Waals surface area contributed by atoms with Crippen LogP contribution in [0.25, 0.3) is 0 Å². The molecule has 1 amide bonds. The van der Waals surface area contributed by atoms with Gasteiger partial charge in [0.05, 0.1) is 0 Å². The van der Waals surface area contributed by atoms with Crippen molar-refractivity contribution in [1.29, 1.82) is 0 Å². The van der Waals surface area contributed by atoms with Crippen LogP contribution in [0.1, 0.15) is 23.6 Å². The molecule has 0 spiro atoms. The van der Waals surface area contributed by atoms with Crippen LogP contribution in [-0.4, -0.2) is 35.6 Å². The van der Waals surface area contributed by atoms with Gasteiger partial charge in [0.1, 0.15) is 6.10 Å². The molecule has 0 aliphatic carbocycles. The fourth-order valence-corrected chi connectivity index (χ4v) is 1.79. The Morgan fingerprint density at radius 3 is 2.65 bits per heavy atom. The summed E-state index contributed by atoms with van der Waals surface area (Å²) in [7, 11) is 1.72. The molecule has 1 atom stereocenters. The van der Waals surface area contributed by atoms with Gasteiger partial charge in [-0.15, -0.1) is 0 Å². The highest BCUT2D eigenvalue weighted by molar-refractivity contribution is 5.79. The van der Waals surface area contributed by atoms with Crippen molar-refractivity contribution in [1.82, 2.24) is 4.90 Å². The standard InChI is InChI=1S/C14H21NO2/c1-10-5-6-11(2)13(9-10)7-8-15(4)14(17)12(3)16/h5-6,9,12,16H,7-8H2,1-4H3. The first-order chi connectivity index (χ1) is 7.91. The van der Waals surface area contributed by atoms with Crippen LogP contribution in [0.2, 0.25) is 0 Å². The van der Waals surface area contributed by atoms with Gasteiger partial charge in [0.2, 0.25) is 0 Å². The highest BCUT2D eigenvalue weighted by atomic mass is 16.3. The Morgan fingerprint density at radius 2 is 2.06 bits per heavy atom. The van der Waals surface area contributed by atoms with Crippen molar-refractivity contribution in [3.05, 3.63) is 34.9 Å². The minimum absolute atomic E-state index is 0.227. The number of aryl methyl sites for hydroxylation is 2. The summed E-state index contributed by atoms with van der Waals surface area (Å²) in [6, 6.07) is 6.33. The summed E-state index contributed by atoms with van der Waals surface area (Å²) in [5.41, 5.74) is 3.74. The Kier molecular flexibility index (Phi) is 4.70. The van der Waals surface area contributed by atoms with Crippen LogP contribution in [0.4, 0.5) is 0 Å². The van der Waals surface area contributed by atoms with Gasteiger partial charge in [0.25, 0.3) is 5.91 Å². The minimum Gasteiger partial charge on any atom is -0.384 e. The maximum absolute atomic E-state index is 11.5. The van der Waals surface area contributed by atoms with Gasteiger partial charge < -0.3 is 10.0 Å². The maximum atomic E-state index is 11.5. The Labute approximate surface area is 103 Å². The number of benzene rings is 1. The molecule has 1 aromatic rings. The summed E-state index contributed by atoms with van der Waals surface area (Å²) in [6.07, 6.45) is -0.0961. The minimum atomic E-state index is -0.918. The molecule has 1 aromatic carbocycles. The van der Waals surface area contributed by atoms with E-state index in [2.05, 4.69) is 32.0 Å². The summed E-state index contributed by atoms with van der Waals surface area (Å²) in [4.78, 5) is 13.1. The van der Waals surface area contributed by atoms with Crippen LogP contribution in [0.15, 0.2) is 18.2 Å². The number of carbonyl (C=O) groups excluding carboxylic acids is 1. The molecule has 3 heteroatoms. The van der Waals surface area contributed by atoms with Crippen molar-refractivity contribution in [3.63, 3.8) is 0 Å². The van der Waals surface area contributed by atoms with E-state index in [1.807, 2.05) is 0 Å². The van der Waals surface area contributed by atoms with Gasteiger partial charge in [0.15, 0.2) is 0 Å². The second-order valence-electron chi connectivity index (χ2n) is 4.62. The third kappa shape index (κ3) is 3.86. The lowest BCUT2D eigenvalue weighted by atomic mass is 10.0. The predicted molar refractivity (Wildman–Crippen MR) is 68.9 cm³/mol. The zero-order valence-corrected chi connectivity index (χ0v) is 11.0. The highest BCUT2D eigenvalue weighted by Crippen LogP contribution is 2.11. The van der Waals surface area contributed by atoms with Crippen LogP contribution in [-0.2, 0) is 11.2 Å². The molecule has 0 bridgehead atoms. The van der Waals surface area contributed by atoms with Crippen molar-refractivity contribution in [2.24, 2.45) is 0 Å². The molecule has 1 rings (SSSR count). The molecule has 0 saturated carbocycles. The number of hydrogen-bond donors (Lipinski definition) is 1. The average Bonchev–Trinajstić information content (AvgIpc) is 2.28. The molecule has 1 unspecified atom stereocenters. The summed E-state index contributed by atoms with van der Waals surface area (Å²) in [6.45, 7) is 6.27. The molecule has 0 saturated heterocycles. The van der Waals surface area contributed by atoms with Crippen LogP contribution in [0.3, 0.4) is 0 Å². The van der Waals surface area contributed by atoms with Crippen molar-refractivity contribution in [2.45, 2.75) is 33.3 Å². The van der Waals surface area contributed by atoms with E-state index in [9.17, 15) is 9.90 Å². The lowest BCUT2D eigenvalue weighted by Gasteiger charge is -2.19. The van der Waals surface area contributed by atoms with Gasteiger partial charge in [-0.3, -0.25) is 4.79 Å². The summed E-state index contributed by atoms with van der Waals surface area (Å²) in [5, 5.41) is 9.20. The largest absolute Gasteiger partial charge is 0.384 e. The average molecular weight is 235 g/mol.